The smallest absolute Gasteiger partial charge is 0.246 e. The Morgan fingerprint density at radius 1 is 1.33 bits per heavy atom. The van der Waals surface area contributed by atoms with E-state index in [2.05, 4.69) is 0 Å². The number of carbonyl (C=O) groups excluding carboxylic acids is 1. The van der Waals surface area contributed by atoms with Crippen LogP contribution in [0.5, 0.6) is 11.5 Å². The van der Waals surface area contributed by atoms with E-state index in [1.165, 1.54) is 0 Å². The van der Waals surface area contributed by atoms with Gasteiger partial charge in [0, 0.05) is 25.2 Å². The Morgan fingerprint density at radius 2 is 2.14 bits per heavy atom. The van der Waals surface area contributed by atoms with Crippen molar-refractivity contribution in [2.75, 3.05) is 26.3 Å². The van der Waals surface area contributed by atoms with Crippen molar-refractivity contribution in [3.8, 4) is 11.5 Å². The Balaban J connectivity index is 1.69. The van der Waals surface area contributed by atoms with Crippen LogP contribution >= 0.6 is 0 Å². The number of likely N-dealkylation sites (tertiary alicyclic amines) is 1. The molecule has 0 bridgehead atoms. The third-order valence-electron chi connectivity index (χ3n) is 3.92. The summed E-state index contributed by atoms with van der Waals surface area (Å²) in [4.78, 5) is 14.1. The molecule has 1 unspecified atom stereocenters. The van der Waals surface area contributed by atoms with Crippen LogP contribution in [0.15, 0.2) is 24.3 Å². The van der Waals surface area contributed by atoms with Crippen LogP contribution in [0.25, 0.3) is 6.08 Å². The van der Waals surface area contributed by atoms with Crippen molar-refractivity contribution < 1.29 is 14.3 Å². The number of amides is 1. The number of ether oxygens (including phenoxy) is 2. The molecule has 1 aromatic carbocycles. The van der Waals surface area contributed by atoms with Gasteiger partial charge in [-0.1, -0.05) is 6.07 Å². The van der Waals surface area contributed by atoms with E-state index >= 15 is 0 Å². The van der Waals surface area contributed by atoms with Crippen molar-refractivity contribution >= 4 is 12.0 Å². The fourth-order valence-corrected chi connectivity index (χ4v) is 2.80. The van der Waals surface area contributed by atoms with Crippen molar-refractivity contribution in [2.45, 2.75) is 18.9 Å². The largest absolute Gasteiger partial charge is 0.486 e. The Labute approximate surface area is 124 Å². The predicted octanol–water partition coefficient (Wildman–Crippen LogP) is 1.42. The second-order valence-electron chi connectivity index (χ2n) is 5.30. The average molecular weight is 288 g/mol. The molecular weight excluding hydrogens is 268 g/mol. The van der Waals surface area contributed by atoms with E-state index in [1.807, 2.05) is 29.2 Å². The van der Waals surface area contributed by atoms with Gasteiger partial charge in [0.25, 0.3) is 0 Å². The molecule has 112 valence electrons. The van der Waals surface area contributed by atoms with E-state index in [0.717, 1.165) is 36.4 Å². The van der Waals surface area contributed by atoms with Gasteiger partial charge in [0.2, 0.25) is 5.91 Å². The molecule has 1 saturated heterocycles. The van der Waals surface area contributed by atoms with E-state index in [1.54, 1.807) is 6.08 Å². The lowest BCUT2D eigenvalue weighted by Crippen LogP contribution is -2.38. The van der Waals surface area contributed by atoms with Crippen LogP contribution in [0.3, 0.4) is 0 Å². The van der Waals surface area contributed by atoms with Crippen LogP contribution in [0, 0.1) is 0 Å². The average Bonchev–Trinajstić information content (AvgIpc) is 3.01. The molecule has 0 aromatic heterocycles. The van der Waals surface area contributed by atoms with Crippen LogP contribution < -0.4 is 15.2 Å². The van der Waals surface area contributed by atoms with Gasteiger partial charge in [0.1, 0.15) is 13.2 Å². The second kappa shape index (κ2) is 6.18. The van der Waals surface area contributed by atoms with Gasteiger partial charge >= 0.3 is 0 Å². The molecule has 1 aromatic rings. The number of hydrogen-bond acceptors (Lipinski definition) is 4. The lowest BCUT2D eigenvalue weighted by molar-refractivity contribution is -0.126. The maximum absolute atomic E-state index is 12.2. The number of fused-ring (bicyclic) bond motifs is 1. The monoisotopic (exact) mass is 288 g/mol. The van der Waals surface area contributed by atoms with E-state index < -0.39 is 0 Å². The van der Waals surface area contributed by atoms with E-state index in [-0.39, 0.29) is 11.9 Å². The van der Waals surface area contributed by atoms with Gasteiger partial charge in [-0.05, 0) is 36.6 Å². The summed E-state index contributed by atoms with van der Waals surface area (Å²) >= 11 is 0. The summed E-state index contributed by atoms with van der Waals surface area (Å²) in [6, 6.07) is 5.86. The summed E-state index contributed by atoms with van der Waals surface area (Å²) in [5, 5.41) is 0. The summed E-state index contributed by atoms with van der Waals surface area (Å²) in [6.07, 6.45) is 5.46. The number of nitrogens with zero attached hydrogens (tertiary/aromatic N) is 1. The summed E-state index contributed by atoms with van der Waals surface area (Å²) in [5.74, 6) is 1.52. The number of nitrogens with two attached hydrogens (primary N) is 1. The molecule has 2 N–H and O–H groups in total. The van der Waals surface area contributed by atoms with Gasteiger partial charge in [0.05, 0.1) is 0 Å². The van der Waals surface area contributed by atoms with Crippen molar-refractivity contribution in [3.63, 3.8) is 0 Å². The first-order chi connectivity index (χ1) is 10.3. The molecule has 3 rings (SSSR count). The lowest BCUT2D eigenvalue weighted by Gasteiger charge is -2.21. The molecule has 0 spiro atoms. The van der Waals surface area contributed by atoms with E-state index in [9.17, 15) is 4.79 Å². The summed E-state index contributed by atoms with van der Waals surface area (Å²) in [5.41, 5.74) is 6.62. The molecule has 1 atom stereocenters. The van der Waals surface area contributed by atoms with Crippen LogP contribution in [0.4, 0.5) is 0 Å². The van der Waals surface area contributed by atoms with Crippen molar-refractivity contribution in [2.24, 2.45) is 5.73 Å². The third kappa shape index (κ3) is 3.03. The summed E-state index contributed by atoms with van der Waals surface area (Å²) in [7, 11) is 0. The molecule has 1 amide bonds. The van der Waals surface area contributed by atoms with Crippen LogP contribution in [-0.4, -0.2) is 43.2 Å². The maximum atomic E-state index is 12.2. The molecule has 21 heavy (non-hydrogen) atoms. The van der Waals surface area contributed by atoms with Crippen molar-refractivity contribution in [3.05, 3.63) is 29.8 Å². The normalized spacial score (nSPS) is 21.0. The molecule has 0 radical (unpaired) electrons. The summed E-state index contributed by atoms with van der Waals surface area (Å²) in [6.45, 7) is 2.47. The highest BCUT2D eigenvalue weighted by Gasteiger charge is 2.25. The minimum atomic E-state index is 0.0258. The zero-order valence-corrected chi connectivity index (χ0v) is 12.0. The van der Waals surface area contributed by atoms with Gasteiger partial charge < -0.3 is 20.1 Å². The van der Waals surface area contributed by atoms with Gasteiger partial charge in [-0.15, -0.1) is 0 Å². The second-order valence-corrected chi connectivity index (χ2v) is 5.30. The molecule has 5 nitrogen and oxygen atoms in total. The molecule has 2 aliphatic heterocycles. The van der Waals surface area contributed by atoms with Crippen LogP contribution in [0.2, 0.25) is 0 Å². The number of carbonyl (C=O) groups is 1. The van der Waals surface area contributed by atoms with Crippen molar-refractivity contribution in [1.29, 1.82) is 0 Å². The fraction of sp³-hybridized carbons (Fsp3) is 0.438. The van der Waals surface area contributed by atoms with Gasteiger partial charge in [-0.2, -0.15) is 0 Å². The first kappa shape index (κ1) is 13.9. The quantitative estimate of drug-likeness (QED) is 0.854. The molecule has 0 aliphatic carbocycles. The lowest BCUT2D eigenvalue weighted by atomic mass is 10.1. The van der Waals surface area contributed by atoms with E-state index in [0.29, 0.717) is 19.8 Å². The molecular formula is C16H20N2O3. The zero-order chi connectivity index (χ0) is 14.7. The third-order valence-corrected chi connectivity index (χ3v) is 3.92. The zero-order valence-electron chi connectivity index (χ0n) is 12.0. The maximum Gasteiger partial charge on any atom is 0.246 e. The highest BCUT2D eigenvalue weighted by Crippen LogP contribution is 2.31. The Bertz CT molecular complexity index is 556. The van der Waals surface area contributed by atoms with Gasteiger partial charge in [0.15, 0.2) is 11.5 Å². The SMILES string of the molecule is NCC1CCCN1C(=O)/C=C/c1ccc2c(c1)OCCO2. The highest BCUT2D eigenvalue weighted by molar-refractivity contribution is 5.92. The van der Waals surface area contributed by atoms with Gasteiger partial charge in [-0.3, -0.25) is 4.79 Å². The van der Waals surface area contributed by atoms with E-state index in [4.69, 9.17) is 15.2 Å². The molecule has 0 saturated carbocycles. The standard InChI is InChI=1S/C16H20N2O3/c17-11-13-2-1-7-18(13)16(19)6-4-12-3-5-14-15(10-12)21-9-8-20-14/h3-6,10,13H,1-2,7-9,11,17H2/b6-4+. The Morgan fingerprint density at radius 3 is 2.95 bits per heavy atom. The first-order valence-electron chi connectivity index (χ1n) is 7.36. The minimum absolute atomic E-state index is 0.0258. The van der Waals surface area contributed by atoms with Crippen molar-refractivity contribution in [1.82, 2.24) is 4.90 Å². The molecule has 2 aliphatic rings. The number of benzene rings is 1. The fourth-order valence-electron chi connectivity index (χ4n) is 2.80. The molecule has 2 heterocycles. The Kier molecular flexibility index (Phi) is 4.10. The highest BCUT2D eigenvalue weighted by atomic mass is 16.6. The molecule has 5 heteroatoms. The predicted molar refractivity (Wildman–Crippen MR) is 80.3 cm³/mol. The van der Waals surface area contributed by atoms with Gasteiger partial charge in [-0.25, -0.2) is 0 Å². The summed E-state index contributed by atoms with van der Waals surface area (Å²) < 4.78 is 11.0. The Hall–Kier alpha value is -2.01. The molecule has 1 fully saturated rings. The number of hydrogen-bond donors (Lipinski definition) is 1. The van der Waals surface area contributed by atoms with Crippen LogP contribution in [0.1, 0.15) is 18.4 Å². The topological polar surface area (TPSA) is 64.8 Å². The number of rotatable bonds is 3. The van der Waals surface area contributed by atoms with Crippen LogP contribution in [-0.2, 0) is 4.79 Å². The minimum Gasteiger partial charge on any atom is -0.486 e. The first-order valence-corrected chi connectivity index (χ1v) is 7.36.